The summed E-state index contributed by atoms with van der Waals surface area (Å²) in [6.07, 6.45) is 3.90. The van der Waals surface area contributed by atoms with Gasteiger partial charge < -0.3 is 10.2 Å². The zero-order valence-corrected chi connectivity index (χ0v) is 12.4. The van der Waals surface area contributed by atoms with E-state index >= 15 is 0 Å². The van der Waals surface area contributed by atoms with Crippen LogP contribution in [-0.4, -0.2) is 28.0 Å². The summed E-state index contributed by atoms with van der Waals surface area (Å²) in [4.78, 5) is 14.4. The number of aromatic nitrogens is 3. The largest absolute Gasteiger partial charge is 0.354 e. The summed E-state index contributed by atoms with van der Waals surface area (Å²) in [6, 6.07) is 5.69. The summed E-state index contributed by atoms with van der Waals surface area (Å²) in [6.45, 7) is 5.92. The fourth-order valence-electron chi connectivity index (χ4n) is 1.93. The predicted octanol–water partition coefficient (Wildman–Crippen LogP) is 2.86. The van der Waals surface area contributed by atoms with Gasteiger partial charge in [-0.3, -0.25) is 4.98 Å². The molecule has 6 heteroatoms. The summed E-state index contributed by atoms with van der Waals surface area (Å²) in [5.74, 6) is 0.333. The second-order valence-corrected chi connectivity index (χ2v) is 4.63. The maximum absolute atomic E-state index is 14.0. The topological polar surface area (TPSA) is 53.9 Å². The molecule has 1 N–H and O–H groups in total. The monoisotopic (exact) mass is 289 g/mol. The molecular weight excluding hydrogens is 269 g/mol. The van der Waals surface area contributed by atoms with Gasteiger partial charge >= 0.3 is 0 Å². The average Bonchev–Trinajstić information content (AvgIpc) is 2.53. The minimum Gasteiger partial charge on any atom is -0.354 e. The third kappa shape index (κ3) is 4.11. The first kappa shape index (κ1) is 15.2. The van der Waals surface area contributed by atoms with E-state index in [1.165, 1.54) is 6.20 Å². The van der Waals surface area contributed by atoms with Crippen LogP contribution in [0.1, 0.15) is 26.0 Å². The van der Waals surface area contributed by atoms with Crippen LogP contribution in [-0.2, 0) is 6.54 Å². The quantitative estimate of drug-likeness (QED) is 0.849. The molecule has 2 aromatic heterocycles. The van der Waals surface area contributed by atoms with Crippen molar-refractivity contribution < 1.29 is 4.39 Å². The van der Waals surface area contributed by atoms with Crippen LogP contribution < -0.4 is 10.2 Å². The standard InChI is InChI=1S/C15H20FN5/c1-3-8-18-15-19-10-13(16)14(20-15)21(4-2)11-12-7-5-6-9-17-12/h5-7,9-10H,3-4,8,11H2,1-2H3,(H,18,19,20). The molecule has 0 aromatic carbocycles. The number of hydrogen-bond acceptors (Lipinski definition) is 5. The molecule has 0 saturated carbocycles. The van der Waals surface area contributed by atoms with E-state index in [1.54, 1.807) is 6.20 Å². The Hall–Kier alpha value is -2.24. The van der Waals surface area contributed by atoms with Crippen molar-refractivity contribution in [2.24, 2.45) is 0 Å². The van der Waals surface area contributed by atoms with Gasteiger partial charge in [0, 0.05) is 19.3 Å². The minimum absolute atomic E-state index is 0.303. The van der Waals surface area contributed by atoms with Crippen molar-refractivity contribution in [1.29, 1.82) is 0 Å². The molecule has 0 amide bonds. The lowest BCUT2D eigenvalue weighted by Crippen LogP contribution is -2.25. The Morgan fingerprint density at radius 3 is 2.76 bits per heavy atom. The van der Waals surface area contributed by atoms with Crippen LogP contribution in [0.25, 0.3) is 0 Å². The van der Waals surface area contributed by atoms with Crippen molar-refractivity contribution in [2.45, 2.75) is 26.8 Å². The van der Waals surface area contributed by atoms with E-state index in [4.69, 9.17) is 0 Å². The summed E-state index contributed by atoms with van der Waals surface area (Å²) in [5.41, 5.74) is 0.875. The molecule has 0 atom stereocenters. The molecule has 2 rings (SSSR count). The van der Waals surface area contributed by atoms with E-state index in [2.05, 4.69) is 27.2 Å². The van der Waals surface area contributed by atoms with E-state index in [-0.39, 0.29) is 0 Å². The molecule has 5 nitrogen and oxygen atoms in total. The highest BCUT2D eigenvalue weighted by molar-refractivity contribution is 5.44. The summed E-state index contributed by atoms with van der Waals surface area (Å²) in [5, 5.41) is 3.07. The second kappa shape index (κ2) is 7.52. The van der Waals surface area contributed by atoms with E-state index in [1.807, 2.05) is 30.0 Å². The van der Waals surface area contributed by atoms with Crippen LogP contribution in [0.4, 0.5) is 16.2 Å². The lowest BCUT2D eigenvalue weighted by Gasteiger charge is -2.22. The Kier molecular flexibility index (Phi) is 5.43. The van der Waals surface area contributed by atoms with Crippen molar-refractivity contribution in [1.82, 2.24) is 15.0 Å². The first-order valence-electron chi connectivity index (χ1n) is 7.15. The lowest BCUT2D eigenvalue weighted by molar-refractivity contribution is 0.601. The second-order valence-electron chi connectivity index (χ2n) is 4.63. The normalized spacial score (nSPS) is 10.4. The van der Waals surface area contributed by atoms with Crippen molar-refractivity contribution >= 4 is 11.8 Å². The van der Waals surface area contributed by atoms with Crippen molar-refractivity contribution in [2.75, 3.05) is 23.3 Å². The molecule has 0 aliphatic heterocycles. The number of nitrogens with one attached hydrogen (secondary N) is 1. The number of nitrogens with zero attached hydrogens (tertiary/aromatic N) is 4. The Morgan fingerprint density at radius 1 is 1.24 bits per heavy atom. The highest BCUT2D eigenvalue weighted by Gasteiger charge is 2.14. The smallest absolute Gasteiger partial charge is 0.224 e. The maximum atomic E-state index is 14.0. The van der Waals surface area contributed by atoms with Crippen molar-refractivity contribution in [3.63, 3.8) is 0 Å². The minimum atomic E-state index is -0.421. The Balaban J connectivity index is 2.20. The Labute approximate surface area is 124 Å². The highest BCUT2D eigenvalue weighted by Crippen LogP contribution is 2.19. The summed E-state index contributed by atoms with van der Waals surface area (Å²) >= 11 is 0. The van der Waals surface area contributed by atoms with E-state index in [0.717, 1.165) is 18.7 Å². The molecule has 0 radical (unpaired) electrons. The molecule has 0 fully saturated rings. The number of rotatable bonds is 7. The zero-order chi connectivity index (χ0) is 15.1. The van der Waals surface area contributed by atoms with Gasteiger partial charge in [-0.05, 0) is 25.5 Å². The van der Waals surface area contributed by atoms with Gasteiger partial charge in [0.2, 0.25) is 5.95 Å². The summed E-state index contributed by atoms with van der Waals surface area (Å²) < 4.78 is 14.0. The molecule has 0 saturated heterocycles. The third-order valence-electron chi connectivity index (χ3n) is 3.02. The van der Waals surface area contributed by atoms with Crippen LogP contribution in [0.2, 0.25) is 0 Å². The van der Waals surface area contributed by atoms with Gasteiger partial charge in [-0.1, -0.05) is 13.0 Å². The molecule has 21 heavy (non-hydrogen) atoms. The molecule has 0 bridgehead atoms. The fraction of sp³-hybridized carbons (Fsp3) is 0.400. The van der Waals surface area contributed by atoms with Crippen molar-refractivity contribution in [3.8, 4) is 0 Å². The van der Waals surface area contributed by atoms with Crippen LogP contribution in [0.15, 0.2) is 30.6 Å². The molecular formula is C15H20FN5. The molecule has 0 unspecified atom stereocenters. The Bertz CT molecular complexity index is 561. The van der Waals surface area contributed by atoms with E-state index < -0.39 is 5.82 Å². The number of halogens is 1. The maximum Gasteiger partial charge on any atom is 0.224 e. The van der Waals surface area contributed by atoms with Crippen LogP contribution in [0.5, 0.6) is 0 Å². The highest BCUT2D eigenvalue weighted by atomic mass is 19.1. The van der Waals surface area contributed by atoms with Crippen LogP contribution in [0.3, 0.4) is 0 Å². The van der Waals surface area contributed by atoms with Crippen LogP contribution in [0, 0.1) is 5.82 Å². The molecule has 0 spiro atoms. The third-order valence-corrected chi connectivity index (χ3v) is 3.02. The average molecular weight is 289 g/mol. The van der Waals surface area contributed by atoms with Gasteiger partial charge in [0.15, 0.2) is 11.6 Å². The summed E-state index contributed by atoms with van der Waals surface area (Å²) in [7, 11) is 0. The molecule has 2 heterocycles. The van der Waals surface area contributed by atoms with E-state index in [0.29, 0.717) is 24.9 Å². The van der Waals surface area contributed by atoms with Gasteiger partial charge in [-0.2, -0.15) is 4.98 Å². The molecule has 2 aromatic rings. The molecule has 0 aliphatic rings. The Morgan fingerprint density at radius 2 is 2.10 bits per heavy atom. The zero-order valence-electron chi connectivity index (χ0n) is 12.4. The van der Waals surface area contributed by atoms with Gasteiger partial charge in [0.1, 0.15) is 0 Å². The SMILES string of the molecule is CCCNc1ncc(F)c(N(CC)Cc2ccccn2)n1. The first-order valence-corrected chi connectivity index (χ1v) is 7.15. The molecule has 112 valence electrons. The lowest BCUT2D eigenvalue weighted by atomic mass is 10.3. The van der Waals surface area contributed by atoms with Gasteiger partial charge in [-0.25, -0.2) is 9.37 Å². The fourth-order valence-corrected chi connectivity index (χ4v) is 1.93. The van der Waals surface area contributed by atoms with Gasteiger partial charge in [-0.15, -0.1) is 0 Å². The predicted molar refractivity (Wildman–Crippen MR) is 81.7 cm³/mol. The van der Waals surface area contributed by atoms with E-state index in [9.17, 15) is 4.39 Å². The van der Waals surface area contributed by atoms with Gasteiger partial charge in [0.05, 0.1) is 18.4 Å². The molecule has 0 aliphatic carbocycles. The number of anilines is 2. The van der Waals surface area contributed by atoms with Crippen molar-refractivity contribution in [3.05, 3.63) is 42.1 Å². The number of pyridine rings is 1. The van der Waals surface area contributed by atoms with Crippen LogP contribution >= 0.6 is 0 Å². The van der Waals surface area contributed by atoms with Gasteiger partial charge in [0.25, 0.3) is 0 Å². The number of hydrogen-bond donors (Lipinski definition) is 1. The first-order chi connectivity index (χ1) is 10.2.